The lowest BCUT2D eigenvalue weighted by Gasteiger charge is -2.14. The number of imide groups is 1. The van der Waals surface area contributed by atoms with Gasteiger partial charge in [-0.05, 0) is 12.1 Å². The third-order valence-electron chi connectivity index (χ3n) is 2.90. The molecule has 1 aromatic carbocycles. The van der Waals surface area contributed by atoms with Crippen molar-refractivity contribution in [3.8, 4) is 0 Å². The van der Waals surface area contributed by atoms with Gasteiger partial charge in [0.05, 0.1) is 24.1 Å². The van der Waals surface area contributed by atoms with Crippen molar-refractivity contribution in [3.05, 3.63) is 35.4 Å². The van der Waals surface area contributed by atoms with Crippen molar-refractivity contribution in [2.75, 3.05) is 18.7 Å². The summed E-state index contributed by atoms with van der Waals surface area (Å²) in [6, 6.07) is 5.92. The molecule has 2 N–H and O–H groups in total. The van der Waals surface area contributed by atoms with Crippen LogP contribution in [0.1, 0.15) is 20.7 Å². The highest BCUT2D eigenvalue weighted by Crippen LogP contribution is 2.24. The number of ether oxygens (including phenoxy) is 1. The maximum Gasteiger partial charge on any atom is 0.323 e. The van der Waals surface area contributed by atoms with Crippen molar-refractivity contribution in [3.63, 3.8) is 0 Å². The molecule has 0 radical (unpaired) electrons. The average Bonchev–Trinajstić information content (AvgIpc) is 2.71. The molecular formula is C13H14N2O4S. The molecule has 2 rings (SSSR count). The van der Waals surface area contributed by atoms with E-state index in [0.717, 1.165) is 4.90 Å². The second-order valence-corrected chi connectivity index (χ2v) is 5.21. The Morgan fingerprint density at radius 1 is 1.30 bits per heavy atom. The maximum absolute atomic E-state index is 12.0. The predicted octanol–water partition coefficient (Wildman–Crippen LogP) is 0.474. The van der Waals surface area contributed by atoms with E-state index in [-0.39, 0.29) is 23.4 Å². The molecule has 1 aromatic rings. The molecule has 1 aliphatic rings. The van der Waals surface area contributed by atoms with E-state index in [9.17, 15) is 14.4 Å². The van der Waals surface area contributed by atoms with E-state index < -0.39 is 12.0 Å². The Morgan fingerprint density at radius 3 is 2.35 bits per heavy atom. The van der Waals surface area contributed by atoms with Gasteiger partial charge in [-0.25, -0.2) is 0 Å². The predicted molar refractivity (Wildman–Crippen MR) is 74.3 cm³/mol. The minimum absolute atomic E-state index is 0.164. The molecule has 1 aliphatic heterocycles. The van der Waals surface area contributed by atoms with Crippen LogP contribution in [0.15, 0.2) is 24.3 Å². The van der Waals surface area contributed by atoms with Crippen molar-refractivity contribution in [2.45, 2.75) is 6.04 Å². The van der Waals surface area contributed by atoms with E-state index in [1.54, 1.807) is 24.3 Å². The molecule has 0 bridgehead atoms. The quantitative estimate of drug-likeness (QED) is 0.627. The molecule has 106 valence electrons. The fourth-order valence-corrected chi connectivity index (χ4v) is 2.76. The van der Waals surface area contributed by atoms with Crippen molar-refractivity contribution >= 4 is 29.5 Å². The van der Waals surface area contributed by atoms with Gasteiger partial charge in [-0.2, -0.15) is 0 Å². The van der Waals surface area contributed by atoms with E-state index in [1.165, 1.54) is 18.9 Å². The molecule has 0 saturated heterocycles. The number of hydrogen-bond acceptors (Lipinski definition) is 6. The zero-order valence-corrected chi connectivity index (χ0v) is 11.7. The van der Waals surface area contributed by atoms with Crippen LogP contribution in [0.5, 0.6) is 0 Å². The number of benzene rings is 1. The standard InChI is InChI=1S/C13H14N2O4S/c1-19-13(18)10(14)6-20-7-15-11(16)8-4-2-3-5-9(8)12(15)17/h2-5,10H,6-7,14H2,1H3. The number of methoxy groups -OCH3 is 1. The second kappa shape index (κ2) is 6.06. The van der Waals surface area contributed by atoms with Crippen LogP contribution in [0.4, 0.5) is 0 Å². The van der Waals surface area contributed by atoms with E-state index in [1.807, 2.05) is 0 Å². The monoisotopic (exact) mass is 294 g/mol. The first kappa shape index (κ1) is 14.5. The Hall–Kier alpha value is -1.86. The molecule has 7 heteroatoms. The lowest BCUT2D eigenvalue weighted by molar-refractivity contribution is -0.141. The summed E-state index contributed by atoms with van der Waals surface area (Å²) in [4.78, 5) is 36.4. The van der Waals surface area contributed by atoms with Crippen LogP contribution in [0.2, 0.25) is 0 Å². The minimum atomic E-state index is -0.764. The van der Waals surface area contributed by atoms with Gasteiger partial charge in [0.25, 0.3) is 11.8 Å². The number of hydrogen-bond donors (Lipinski definition) is 1. The molecule has 1 heterocycles. The summed E-state index contributed by atoms with van der Waals surface area (Å²) >= 11 is 1.24. The minimum Gasteiger partial charge on any atom is -0.468 e. The van der Waals surface area contributed by atoms with Gasteiger partial charge >= 0.3 is 5.97 Å². The highest BCUT2D eigenvalue weighted by Gasteiger charge is 2.34. The molecular weight excluding hydrogens is 280 g/mol. The first-order valence-corrected chi connectivity index (χ1v) is 7.08. The Labute approximate surface area is 120 Å². The smallest absolute Gasteiger partial charge is 0.323 e. The molecule has 6 nitrogen and oxygen atoms in total. The number of thioether (sulfide) groups is 1. The largest absolute Gasteiger partial charge is 0.468 e. The molecule has 1 atom stereocenters. The van der Waals surface area contributed by atoms with Crippen molar-refractivity contribution < 1.29 is 19.1 Å². The third kappa shape index (κ3) is 2.68. The van der Waals surface area contributed by atoms with Crippen LogP contribution in [-0.4, -0.2) is 47.5 Å². The number of fused-ring (bicyclic) bond motifs is 1. The van der Waals surface area contributed by atoms with Crippen molar-refractivity contribution in [1.82, 2.24) is 4.90 Å². The van der Waals surface area contributed by atoms with Crippen LogP contribution in [0.25, 0.3) is 0 Å². The highest BCUT2D eigenvalue weighted by atomic mass is 32.2. The lowest BCUT2D eigenvalue weighted by atomic mass is 10.1. The van der Waals surface area contributed by atoms with Gasteiger partial charge in [0, 0.05) is 5.75 Å². The Morgan fingerprint density at radius 2 is 1.85 bits per heavy atom. The fourth-order valence-electron chi connectivity index (χ4n) is 1.85. The third-order valence-corrected chi connectivity index (χ3v) is 3.94. The molecule has 0 spiro atoms. The molecule has 2 amide bonds. The average molecular weight is 294 g/mol. The highest BCUT2D eigenvalue weighted by molar-refractivity contribution is 7.99. The SMILES string of the molecule is COC(=O)C(N)CSCN1C(=O)c2ccccc2C1=O. The van der Waals surface area contributed by atoms with Gasteiger partial charge < -0.3 is 10.5 Å². The van der Waals surface area contributed by atoms with E-state index in [2.05, 4.69) is 4.74 Å². The van der Waals surface area contributed by atoms with E-state index in [4.69, 9.17) is 5.73 Å². The summed E-state index contributed by atoms with van der Waals surface area (Å²) in [5.41, 5.74) is 6.41. The molecule has 20 heavy (non-hydrogen) atoms. The first-order chi connectivity index (χ1) is 9.56. The number of rotatable bonds is 5. The summed E-state index contributed by atoms with van der Waals surface area (Å²) in [7, 11) is 1.26. The Balaban J connectivity index is 1.94. The summed E-state index contributed by atoms with van der Waals surface area (Å²) in [6.07, 6.45) is 0. The number of carbonyl (C=O) groups is 3. The molecule has 0 aliphatic carbocycles. The van der Waals surface area contributed by atoms with E-state index in [0.29, 0.717) is 11.1 Å². The van der Waals surface area contributed by atoms with Crippen LogP contribution < -0.4 is 5.73 Å². The maximum atomic E-state index is 12.0. The summed E-state index contributed by atoms with van der Waals surface area (Å²) in [6.45, 7) is 0. The zero-order valence-electron chi connectivity index (χ0n) is 10.9. The normalized spacial score (nSPS) is 15.2. The van der Waals surface area contributed by atoms with Gasteiger partial charge in [-0.3, -0.25) is 19.3 Å². The van der Waals surface area contributed by atoms with Crippen LogP contribution in [0.3, 0.4) is 0 Å². The van der Waals surface area contributed by atoms with Gasteiger partial charge in [-0.15, -0.1) is 11.8 Å². The number of carbonyl (C=O) groups excluding carboxylic acids is 3. The summed E-state index contributed by atoms with van der Waals surface area (Å²) < 4.78 is 4.50. The number of nitrogens with two attached hydrogens (primary N) is 1. The lowest BCUT2D eigenvalue weighted by Crippen LogP contribution is -2.35. The zero-order chi connectivity index (χ0) is 14.7. The van der Waals surface area contributed by atoms with Gasteiger partial charge in [0.1, 0.15) is 6.04 Å². The molecule has 0 fully saturated rings. The van der Waals surface area contributed by atoms with Gasteiger partial charge in [-0.1, -0.05) is 12.1 Å². The molecule has 1 unspecified atom stereocenters. The molecule has 0 saturated carbocycles. The Bertz CT molecular complexity index is 526. The van der Waals surface area contributed by atoms with Crippen LogP contribution >= 0.6 is 11.8 Å². The first-order valence-electron chi connectivity index (χ1n) is 5.92. The number of amides is 2. The fraction of sp³-hybridized carbons (Fsp3) is 0.308. The van der Waals surface area contributed by atoms with Gasteiger partial charge in [0.15, 0.2) is 0 Å². The van der Waals surface area contributed by atoms with Crippen molar-refractivity contribution in [1.29, 1.82) is 0 Å². The Kier molecular flexibility index (Phi) is 4.41. The topological polar surface area (TPSA) is 89.7 Å². The number of esters is 1. The second-order valence-electron chi connectivity index (χ2n) is 4.21. The van der Waals surface area contributed by atoms with Crippen molar-refractivity contribution in [2.24, 2.45) is 5.73 Å². The summed E-state index contributed by atoms with van der Waals surface area (Å²) in [5.74, 6) is -0.703. The molecule has 0 aromatic heterocycles. The van der Waals surface area contributed by atoms with Gasteiger partial charge in [0.2, 0.25) is 0 Å². The van der Waals surface area contributed by atoms with E-state index >= 15 is 0 Å². The van der Waals surface area contributed by atoms with Crippen LogP contribution in [-0.2, 0) is 9.53 Å². The number of nitrogens with zero attached hydrogens (tertiary/aromatic N) is 1. The summed E-state index contributed by atoms with van der Waals surface area (Å²) in [5, 5.41) is 0. The van der Waals surface area contributed by atoms with Crippen LogP contribution in [0, 0.1) is 0 Å².